The molecule has 108 valence electrons. The first-order valence-corrected chi connectivity index (χ1v) is 6.58. The minimum Gasteiger partial charge on any atom is -0.488 e. The van der Waals surface area contributed by atoms with Gasteiger partial charge in [-0.1, -0.05) is 35.9 Å². The number of nitrogens with zero attached hydrogens (tertiary/aromatic N) is 1. The summed E-state index contributed by atoms with van der Waals surface area (Å²) in [5, 5.41) is 4.41. The Balaban J connectivity index is 2.04. The zero-order chi connectivity index (χ0) is 15.1. The van der Waals surface area contributed by atoms with Crippen LogP contribution in [-0.4, -0.2) is 12.2 Å². The molecule has 2 aromatic rings. The molecular weight excluding hydrogens is 290 g/mol. The van der Waals surface area contributed by atoms with E-state index in [9.17, 15) is 4.79 Å². The fraction of sp³-hybridized carbons (Fsp3) is 0.0667. The number of hydrogen-bond donors (Lipinski definition) is 2. The first-order valence-electron chi connectivity index (χ1n) is 6.20. The third-order valence-electron chi connectivity index (χ3n) is 2.60. The van der Waals surface area contributed by atoms with Crippen molar-refractivity contribution in [1.29, 1.82) is 0 Å². The van der Waals surface area contributed by atoms with Crippen LogP contribution in [0.25, 0.3) is 0 Å². The Labute approximate surface area is 127 Å². The molecule has 0 unspecified atom stereocenters. The summed E-state index contributed by atoms with van der Waals surface area (Å²) < 4.78 is 5.74. The van der Waals surface area contributed by atoms with Crippen molar-refractivity contribution in [3.63, 3.8) is 0 Å². The maximum atomic E-state index is 10.6. The normalized spacial score (nSPS) is 10.5. The van der Waals surface area contributed by atoms with Crippen LogP contribution in [-0.2, 0) is 6.61 Å². The number of ether oxygens (including phenoxy) is 1. The molecule has 0 heterocycles. The van der Waals surface area contributed by atoms with E-state index in [1.807, 2.05) is 48.5 Å². The fourth-order valence-electron chi connectivity index (χ4n) is 1.63. The van der Waals surface area contributed by atoms with Gasteiger partial charge in [0, 0.05) is 10.6 Å². The van der Waals surface area contributed by atoms with Crippen LogP contribution in [0.5, 0.6) is 5.75 Å². The largest absolute Gasteiger partial charge is 0.488 e. The van der Waals surface area contributed by atoms with Gasteiger partial charge < -0.3 is 10.5 Å². The van der Waals surface area contributed by atoms with E-state index >= 15 is 0 Å². The second kappa shape index (κ2) is 7.31. The molecule has 0 aliphatic rings. The number of nitrogens with one attached hydrogen (secondary N) is 1. The second-order valence-electron chi connectivity index (χ2n) is 4.19. The van der Waals surface area contributed by atoms with Gasteiger partial charge in [-0.15, -0.1) is 0 Å². The van der Waals surface area contributed by atoms with Gasteiger partial charge >= 0.3 is 6.03 Å². The molecule has 0 atom stereocenters. The van der Waals surface area contributed by atoms with E-state index in [4.69, 9.17) is 22.1 Å². The summed E-state index contributed by atoms with van der Waals surface area (Å²) in [5.41, 5.74) is 8.81. The van der Waals surface area contributed by atoms with Gasteiger partial charge in [-0.3, -0.25) is 0 Å². The molecule has 0 aliphatic heterocycles. The molecule has 21 heavy (non-hydrogen) atoms. The zero-order valence-corrected chi connectivity index (χ0v) is 11.9. The van der Waals surface area contributed by atoms with Crippen molar-refractivity contribution >= 4 is 23.8 Å². The van der Waals surface area contributed by atoms with E-state index in [2.05, 4.69) is 10.5 Å². The molecule has 0 saturated carbocycles. The lowest BCUT2D eigenvalue weighted by atomic mass is 10.2. The minimum atomic E-state index is -0.717. The molecule has 0 aromatic heterocycles. The summed E-state index contributed by atoms with van der Waals surface area (Å²) >= 11 is 5.83. The molecule has 0 aliphatic carbocycles. The average Bonchev–Trinajstić information content (AvgIpc) is 2.47. The molecule has 0 fully saturated rings. The van der Waals surface area contributed by atoms with Crippen LogP contribution in [0.1, 0.15) is 11.1 Å². The van der Waals surface area contributed by atoms with Crippen LogP contribution in [0, 0.1) is 0 Å². The summed E-state index contributed by atoms with van der Waals surface area (Å²) in [5.74, 6) is 0.655. The maximum Gasteiger partial charge on any atom is 0.332 e. The number of benzene rings is 2. The van der Waals surface area contributed by atoms with Crippen molar-refractivity contribution in [3.05, 3.63) is 64.7 Å². The molecule has 0 bridgehead atoms. The Hall–Kier alpha value is -2.53. The average molecular weight is 304 g/mol. The Kier molecular flexibility index (Phi) is 5.17. The Morgan fingerprint density at radius 2 is 1.95 bits per heavy atom. The quantitative estimate of drug-likeness (QED) is 0.658. The standard InChI is InChI=1S/C15H14ClN3O2/c16-13-7-5-11(6-8-13)10-21-14-4-2-1-3-12(14)9-18-19-15(17)20/h1-9H,10H2,(H3,17,19,20)/b18-9-. The monoisotopic (exact) mass is 303 g/mol. The van der Waals surface area contributed by atoms with Gasteiger partial charge in [0.2, 0.25) is 0 Å². The van der Waals surface area contributed by atoms with Crippen LogP contribution < -0.4 is 15.9 Å². The Bertz CT molecular complexity index is 642. The van der Waals surface area contributed by atoms with Crippen molar-refractivity contribution in [2.45, 2.75) is 6.61 Å². The minimum absolute atomic E-state index is 0.408. The van der Waals surface area contributed by atoms with Crippen LogP contribution in [0.4, 0.5) is 4.79 Å². The van der Waals surface area contributed by atoms with Gasteiger partial charge in [0.25, 0.3) is 0 Å². The van der Waals surface area contributed by atoms with Gasteiger partial charge in [0.05, 0.1) is 6.21 Å². The second-order valence-corrected chi connectivity index (χ2v) is 4.62. The van der Waals surface area contributed by atoms with E-state index in [0.717, 1.165) is 11.1 Å². The first-order chi connectivity index (χ1) is 10.1. The molecule has 3 N–H and O–H groups in total. The Morgan fingerprint density at radius 1 is 1.24 bits per heavy atom. The third kappa shape index (κ3) is 4.81. The molecule has 2 aromatic carbocycles. The summed E-state index contributed by atoms with van der Waals surface area (Å²) in [4.78, 5) is 10.6. The highest BCUT2D eigenvalue weighted by Gasteiger charge is 2.01. The number of carbonyl (C=O) groups is 1. The third-order valence-corrected chi connectivity index (χ3v) is 2.86. The van der Waals surface area contributed by atoms with E-state index in [-0.39, 0.29) is 0 Å². The summed E-state index contributed by atoms with van der Waals surface area (Å²) in [6.45, 7) is 0.408. The molecule has 2 rings (SSSR count). The van der Waals surface area contributed by atoms with Crippen molar-refractivity contribution in [2.75, 3.05) is 0 Å². The zero-order valence-electron chi connectivity index (χ0n) is 11.1. The number of nitrogens with two attached hydrogens (primary N) is 1. The van der Waals surface area contributed by atoms with Crippen molar-refractivity contribution < 1.29 is 9.53 Å². The van der Waals surface area contributed by atoms with E-state index < -0.39 is 6.03 Å². The molecule has 0 spiro atoms. The number of hydrazone groups is 1. The molecule has 6 heteroatoms. The van der Waals surface area contributed by atoms with Gasteiger partial charge in [0.15, 0.2) is 0 Å². The summed E-state index contributed by atoms with van der Waals surface area (Å²) in [6, 6.07) is 14.0. The van der Waals surface area contributed by atoms with Crippen molar-refractivity contribution in [3.8, 4) is 5.75 Å². The predicted octanol–water partition coefficient (Wildman–Crippen LogP) is 2.92. The highest BCUT2D eigenvalue weighted by molar-refractivity contribution is 6.30. The molecule has 0 saturated heterocycles. The highest BCUT2D eigenvalue weighted by atomic mass is 35.5. The predicted molar refractivity (Wildman–Crippen MR) is 82.5 cm³/mol. The van der Waals surface area contributed by atoms with Crippen molar-refractivity contribution in [2.24, 2.45) is 10.8 Å². The number of hydrogen-bond acceptors (Lipinski definition) is 3. The highest BCUT2D eigenvalue weighted by Crippen LogP contribution is 2.18. The lowest BCUT2D eigenvalue weighted by molar-refractivity contribution is 0.249. The summed E-state index contributed by atoms with van der Waals surface area (Å²) in [6.07, 6.45) is 1.47. The number of para-hydroxylation sites is 1. The number of primary amides is 1. The Morgan fingerprint density at radius 3 is 2.67 bits per heavy atom. The van der Waals surface area contributed by atoms with Crippen LogP contribution >= 0.6 is 11.6 Å². The number of carbonyl (C=O) groups excluding carboxylic acids is 1. The van der Waals surface area contributed by atoms with Crippen LogP contribution in [0.15, 0.2) is 53.6 Å². The lowest BCUT2D eigenvalue weighted by Gasteiger charge is -2.09. The molecular formula is C15H14ClN3O2. The topological polar surface area (TPSA) is 76.7 Å². The molecule has 0 radical (unpaired) electrons. The van der Waals surface area contributed by atoms with Gasteiger partial charge in [-0.2, -0.15) is 5.10 Å². The van der Waals surface area contributed by atoms with E-state index in [1.165, 1.54) is 6.21 Å². The summed E-state index contributed by atoms with van der Waals surface area (Å²) in [7, 11) is 0. The first kappa shape index (κ1) is 14.9. The van der Waals surface area contributed by atoms with Crippen LogP contribution in [0.2, 0.25) is 5.02 Å². The van der Waals surface area contributed by atoms with E-state index in [1.54, 1.807) is 0 Å². The molecule has 2 amide bonds. The van der Waals surface area contributed by atoms with E-state index in [0.29, 0.717) is 17.4 Å². The number of amides is 2. The van der Waals surface area contributed by atoms with Gasteiger partial charge in [-0.05, 0) is 29.8 Å². The smallest absolute Gasteiger partial charge is 0.332 e. The van der Waals surface area contributed by atoms with Gasteiger partial charge in [-0.25, -0.2) is 10.2 Å². The van der Waals surface area contributed by atoms with Crippen molar-refractivity contribution in [1.82, 2.24) is 5.43 Å². The maximum absolute atomic E-state index is 10.6. The SMILES string of the molecule is NC(=O)N/N=C\c1ccccc1OCc1ccc(Cl)cc1. The fourth-order valence-corrected chi connectivity index (χ4v) is 1.75. The van der Waals surface area contributed by atoms with Gasteiger partial charge in [0.1, 0.15) is 12.4 Å². The number of urea groups is 1. The number of rotatable bonds is 5. The molecule has 5 nitrogen and oxygen atoms in total. The lowest BCUT2D eigenvalue weighted by Crippen LogP contribution is -2.24. The van der Waals surface area contributed by atoms with Crippen LogP contribution in [0.3, 0.4) is 0 Å². The number of halogens is 1.